The minimum Gasteiger partial charge on any atom is -0.310 e. The number of amides is 1. The Bertz CT molecular complexity index is 1130. The maximum atomic E-state index is 12.8. The van der Waals surface area contributed by atoms with Crippen LogP contribution in [0.4, 0.5) is 19.0 Å². The van der Waals surface area contributed by atoms with Crippen molar-refractivity contribution in [2.75, 3.05) is 11.1 Å². The lowest BCUT2D eigenvalue weighted by atomic mass is 10.2. The number of thioether (sulfide) groups is 1. The maximum absolute atomic E-state index is 12.8. The molecule has 0 saturated carbocycles. The van der Waals surface area contributed by atoms with Crippen LogP contribution in [0, 0.1) is 25.2 Å². The van der Waals surface area contributed by atoms with E-state index in [1.807, 2.05) is 37.3 Å². The molecule has 2 aromatic heterocycles. The second-order valence-corrected chi connectivity index (χ2v) is 7.36. The van der Waals surface area contributed by atoms with Crippen LogP contribution in [-0.2, 0) is 18.0 Å². The standard InChI is InChI=1S/C19H17F3N6OS/c1-11-12(2)28(13-7-5-4-6-8-13)16(14(11)9-23)24-15(29)10-30-18-26-25-17(27(18)3)19(20,21)22/h4-8H,10H2,1-3H3,(H,24,29). The molecule has 3 aromatic rings. The molecule has 3 rings (SSSR count). The van der Waals surface area contributed by atoms with Crippen molar-refractivity contribution in [2.45, 2.75) is 25.2 Å². The monoisotopic (exact) mass is 434 g/mol. The zero-order chi connectivity index (χ0) is 22.1. The Morgan fingerprint density at radius 2 is 1.90 bits per heavy atom. The average Bonchev–Trinajstić information content (AvgIpc) is 3.18. The van der Waals surface area contributed by atoms with Crippen LogP contribution in [0.25, 0.3) is 5.69 Å². The summed E-state index contributed by atoms with van der Waals surface area (Å²) in [5.74, 6) is -1.50. The Morgan fingerprint density at radius 3 is 2.47 bits per heavy atom. The third kappa shape index (κ3) is 4.04. The van der Waals surface area contributed by atoms with Gasteiger partial charge in [0.2, 0.25) is 11.7 Å². The number of aromatic nitrogens is 4. The van der Waals surface area contributed by atoms with Gasteiger partial charge in [0.1, 0.15) is 11.9 Å². The predicted molar refractivity (Wildman–Crippen MR) is 105 cm³/mol. The van der Waals surface area contributed by atoms with Gasteiger partial charge in [-0.05, 0) is 31.5 Å². The van der Waals surface area contributed by atoms with Gasteiger partial charge < -0.3 is 9.88 Å². The van der Waals surface area contributed by atoms with Crippen LogP contribution < -0.4 is 5.32 Å². The first-order valence-electron chi connectivity index (χ1n) is 8.71. The molecule has 0 radical (unpaired) electrons. The van der Waals surface area contributed by atoms with E-state index in [4.69, 9.17) is 0 Å². The number of benzene rings is 1. The largest absolute Gasteiger partial charge is 0.451 e. The third-order valence-electron chi connectivity index (χ3n) is 4.52. The van der Waals surface area contributed by atoms with E-state index in [1.54, 1.807) is 11.5 Å². The first-order chi connectivity index (χ1) is 14.1. The lowest BCUT2D eigenvalue weighted by Gasteiger charge is -2.13. The molecular weight excluding hydrogens is 417 g/mol. The highest BCUT2D eigenvalue weighted by Gasteiger charge is 2.37. The molecule has 0 aliphatic heterocycles. The summed E-state index contributed by atoms with van der Waals surface area (Å²) in [6.45, 7) is 3.63. The van der Waals surface area contributed by atoms with Gasteiger partial charge in [0.05, 0.1) is 11.3 Å². The number of hydrogen-bond donors (Lipinski definition) is 1. The van der Waals surface area contributed by atoms with E-state index in [2.05, 4.69) is 21.6 Å². The fraction of sp³-hybridized carbons (Fsp3) is 0.263. The van der Waals surface area contributed by atoms with Crippen molar-refractivity contribution in [1.82, 2.24) is 19.3 Å². The topological polar surface area (TPSA) is 88.5 Å². The molecule has 0 fully saturated rings. The number of alkyl halides is 3. The summed E-state index contributed by atoms with van der Waals surface area (Å²) >= 11 is 0.823. The van der Waals surface area contributed by atoms with Crippen LogP contribution >= 0.6 is 11.8 Å². The zero-order valence-electron chi connectivity index (χ0n) is 16.3. The molecular formula is C19H17F3N6OS. The Kier molecular flexibility index (Phi) is 5.89. The zero-order valence-corrected chi connectivity index (χ0v) is 17.1. The average molecular weight is 434 g/mol. The maximum Gasteiger partial charge on any atom is 0.451 e. The van der Waals surface area contributed by atoms with Crippen LogP contribution in [0.15, 0.2) is 35.5 Å². The number of carbonyl (C=O) groups excluding carboxylic acids is 1. The highest BCUT2D eigenvalue weighted by atomic mass is 32.2. The number of halogens is 3. The Hall–Kier alpha value is -3.26. The predicted octanol–water partition coefficient (Wildman–Crippen LogP) is 3.84. The van der Waals surface area contributed by atoms with Gasteiger partial charge in [0, 0.05) is 18.4 Å². The molecule has 1 aromatic carbocycles. The molecule has 1 N–H and O–H groups in total. The minimum absolute atomic E-state index is 0.0382. The van der Waals surface area contributed by atoms with E-state index in [9.17, 15) is 23.2 Å². The van der Waals surface area contributed by atoms with Gasteiger partial charge in [-0.2, -0.15) is 18.4 Å². The van der Waals surface area contributed by atoms with Crippen LogP contribution in [0.5, 0.6) is 0 Å². The second-order valence-electron chi connectivity index (χ2n) is 6.42. The molecule has 0 aliphatic rings. The SMILES string of the molecule is Cc1c(C#N)c(NC(=O)CSc2nnc(C(F)(F)F)n2C)n(-c2ccccc2)c1C. The lowest BCUT2D eigenvalue weighted by molar-refractivity contribution is -0.147. The summed E-state index contributed by atoms with van der Waals surface area (Å²) in [5, 5.41) is 18.9. The molecule has 0 unspecified atom stereocenters. The van der Waals surface area contributed by atoms with Crippen LogP contribution in [0.3, 0.4) is 0 Å². The van der Waals surface area contributed by atoms with Crippen molar-refractivity contribution in [3.63, 3.8) is 0 Å². The lowest BCUT2D eigenvalue weighted by Crippen LogP contribution is -2.18. The molecule has 0 spiro atoms. The van der Waals surface area contributed by atoms with Crippen molar-refractivity contribution < 1.29 is 18.0 Å². The van der Waals surface area contributed by atoms with Gasteiger partial charge in [0.25, 0.3) is 0 Å². The molecule has 11 heteroatoms. The number of carbonyl (C=O) groups is 1. The van der Waals surface area contributed by atoms with Crippen molar-refractivity contribution in [3.8, 4) is 11.8 Å². The quantitative estimate of drug-likeness (QED) is 0.617. The summed E-state index contributed by atoms with van der Waals surface area (Å²) in [4.78, 5) is 12.5. The number of nitrogens with one attached hydrogen (secondary N) is 1. The molecule has 0 atom stereocenters. The first-order valence-corrected chi connectivity index (χ1v) is 9.70. The van der Waals surface area contributed by atoms with Crippen LogP contribution in [0.1, 0.15) is 22.6 Å². The molecule has 7 nitrogen and oxygen atoms in total. The summed E-state index contributed by atoms with van der Waals surface area (Å²) in [6, 6.07) is 11.3. The fourth-order valence-corrected chi connectivity index (χ4v) is 3.66. The van der Waals surface area contributed by atoms with E-state index in [1.165, 1.54) is 7.05 Å². The summed E-state index contributed by atoms with van der Waals surface area (Å²) < 4.78 is 41.1. The van der Waals surface area contributed by atoms with Crippen molar-refractivity contribution in [2.24, 2.45) is 7.05 Å². The van der Waals surface area contributed by atoms with Crippen LogP contribution in [0.2, 0.25) is 0 Å². The molecule has 0 saturated heterocycles. The van der Waals surface area contributed by atoms with E-state index in [0.717, 1.165) is 33.3 Å². The molecule has 0 bridgehead atoms. The fourth-order valence-electron chi connectivity index (χ4n) is 2.95. The van der Waals surface area contributed by atoms with Gasteiger partial charge in [-0.25, -0.2) is 0 Å². The Morgan fingerprint density at radius 1 is 1.23 bits per heavy atom. The highest BCUT2D eigenvalue weighted by Crippen LogP contribution is 2.31. The molecule has 2 heterocycles. The number of nitriles is 1. The summed E-state index contributed by atoms with van der Waals surface area (Å²) in [5.41, 5.74) is 2.62. The Balaban J connectivity index is 1.83. The molecule has 156 valence electrons. The highest BCUT2D eigenvalue weighted by molar-refractivity contribution is 7.99. The number of para-hydroxylation sites is 1. The van der Waals surface area contributed by atoms with E-state index < -0.39 is 17.9 Å². The van der Waals surface area contributed by atoms with Gasteiger partial charge in [0.15, 0.2) is 5.16 Å². The first kappa shape index (κ1) is 21.4. The third-order valence-corrected chi connectivity index (χ3v) is 5.54. The van der Waals surface area contributed by atoms with Gasteiger partial charge in [-0.1, -0.05) is 30.0 Å². The van der Waals surface area contributed by atoms with E-state index in [0.29, 0.717) is 11.4 Å². The van der Waals surface area contributed by atoms with Gasteiger partial charge in [-0.15, -0.1) is 10.2 Å². The molecule has 30 heavy (non-hydrogen) atoms. The number of anilines is 1. The van der Waals surface area contributed by atoms with E-state index >= 15 is 0 Å². The summed E-state index contributed by atoms with van der Waals surface area (Å²) in [6.07, 6.45) is -4.63. The minimum atomic E-state index is -4.63. The van der Waals surface area contributed by atoms with E-state index in [-0.39, 0.29) is 10.9 Å². The molecule has 0 aliphatic carbocycles. The summed E-state index contributed by atoms with van der Waals surface area (Å²) in [7, 11) is 1.18. The number of hydrogen-bond acceptors (Lipinski definition) is 5. The van der Waals surface area contributed by atoms with Crippen molar-refractivity contribution in [3.05, 3.63) is 53.0 Å². The van der Waals surface area contributed by atoms with Crippen LogP contribution in [-0.4, -0.2) is 31.0 Å². The van der Waals surface area contributed by atoms with Gasteiger partial charge in [-0.3, -0.25) is 9.36 Å². The van der Waals surface area contributed by atoms with Crippen molar-refractivity contribution >= 4 is 23.5 Å². The number of rotatable bonds is 5. The number of nitrogens with zero attached hydrogens (tertiary/aromatic N) is 5. The molecule has 1 amide bonds. The Labute approximate surface area is 174 Å². The van der Waals surface area contributed by atoms with Crippen molar-refractivity contribution in [1.29, 1.82) is 5.26 Å². The smallest absolute Gasteiger partial charge is 0.310 e. The second kappa shape index (κ2) is 8.23. The normalized spacial score (nSPS) is 11.4. The van der Waals surface area contributed by atoms with Gasteiger partial charge >= 0.3 is 6.18 Å².